The number of hydrogen-bond donors (Lipinski definition) is 1. The molecule has 1 N–H and O–H groups in total. The molecule has 0 saturated carbocycles. The van der Waals surface area contributed by atoms with Crippen molar-refractivity contribution in [3.8, 4) is 0 Å². The molecule has 0 aliphatic carbocycles. The van der Waals surface area contributed by atoms with Crippen molar-refractivity contribution in [1.82, 2.24) is 25.2 Å². The van der Waals surface area contributed by atoms with Crippen molar-refractivity contribution < 1.29 is 8.91 Å². The van der Waals surface area contributed by atoms with E-state index >= 15 is 0 Å². The first-order chi connectivity index (χ1) is 13.5. The van der Waals surface area contributed by atoms with Gasteiger partial charge in [-0.05, 0) is 31.8 Å². The quantitative estimate of drug-likeness (QED) is 0.601. The molecule has 0 radical (unpaired) electrons. The molecule has 28 heavy (non-hydrogen) atoms. The van der Waals surface area contributed by atoms with Gasteiger partial charge in [0, 0.05) is 64.5 Å². The molecule has 0 unspecified atom stereocenters. The van der Waals surface area contributed by atoms with E-state index in [1.165, 1.54) is 0 Å². The van der Waals surface area contributed by atoms with Gasteiger partial charge in [0.25, 0.3) is 0 Å². The maximum absolute atomic E-state index is 14.0. The fourth-order valence-corrected chi connectivity index (χ4v) is 3.38. The maximum Gasteiger partial charge on any atom is 0.194 e. The highest BCUT2D eigenvalue weighted by molar-refractivity contribution is 5.80. The molecule has 1 aromatic heterocycles. The fourth-order valence-electron chi connectivity index (χ4n) is 3.38. The van der Waals surface area contributed by atoms with Crippen LogP contribution < -0.4 is 5.32 Å². The van der Waals surface area contributed by atoms with Gasteiger partial charge in [-0.3, -0.25) is 9.89 Å². The van der Waals surface area contributed by atoms with E-state index in [-0.39, 0.29) is 5.82 Å². The van der Waals surface area contributed by atoms with Crippen molar-refractivity contribution >= 4 is 5.96 Å². The first-order valence-corrected chi connectivity index (χ1v) is 9.54. The minimum absolute atomic E-state index is 0.162. The molecule has 0 bridgehead atoms. The summed E-state index contributed by atoms with van der Waals surface area (Å²) < 4.78 is 18.9. The van der Waals surface area contributed by atoms with Gasteiger partial charge < -0.3 is 19.6 Å². The molecule has 1 saturated heterocycles. The lowest BCUT2D eigenvalue weighted by Crippen LogP contribution is -2.52. The largest absolute Gasteiger partial charge is 0.364 e. The fraction of sp³-hybridized carbons (Fsp3) is 0.500. The van der Waals surface area contributed by atoms with Crippen LogP contribution in [0.4, 0.5) is 4.39 Å². The number of nitrogens with one attached hydrogen (secondary N) is 1. The Morgan fingerprint density at radius 1 is 1.25 bits per heavy atom. The lowest BCUT2D eigenvalue weighted by molar-refractivity contribution is 0.169. The molecule has 1 aromatic carbocycles. The molecule has 2 heterocycles. The Morgan fingerprint density at radius 2 is 2.04 bits per heavy atom. The van der Waals surface area contributed by atoms with Gasteiger partial charge in [-0.1, -0.05) is 11.2 Å². The molecule has 7 nitrogen and oxygen atoms in total. The third kappa shape index (κ3) is 5.53. The van der Waals surface area contributed by atoms with Crippen molar-refractivity contribution in [3.63, 3.8) is 0 Å². The van der Waals surface area contributed by atoms with E-state index in [1.807, 2.05) is 37.2 Å². The Morgan fingerprint density at radius 3 is 2.68 bits per heavy atom. The van der Waals surface area contributed by atoms with Gasteiger partial charge in [0.05, 0.1) is 5.69 Å². The molecule has 2 aromatic rings. The Hall–Kier alpha value is -2.45. The van der Waals surface area contributed by atoms with Gasteiger partial charge in [-0.25, -0.2) is 4.39 Å². The third-order valence-corrected chi connectivity index (χ3v) is 4.81. The van der Waals surface area contributed by atoms with Gasteiger partial charge in [0.15, 0.2) is 5.96 Å². The van der Waals surface area contributed by atoms with Gasteiger partial charge >= 0.3 is 0 Å². The summed E-state index contributed by atoms with van der Waals surface area (Å²) in [5.41, 5.74) is 2.71. The zero-order valence-corrected chi connectivity index (χ0v) is 16.9. The molecule has 152 valence electrons. The lowest BCUT2D eigenvalue weighted by Gasteiger charge is -2.36. The number of rotatable bonds is 6. The van der Waals surface area contributed by atoms with Crippen LogP contribution in [-0.2, 0) is 19.6 Å². The monoisotopic (exact) mass is 388 g/mol. The number of guanidine groups is 1. The molecule has 3 rings (SSSR count). The van der Waals surface area contributed by atoms with Crippen molar-refractivity contribution in [2.75, 3.05) is 47.3 Å². The summed E-state index contributed by atoms with van der Waals surface area (Å²) in [7, 11) is 5.68. The smallest absolute Gasteiger partial charge is 0.194 e. The molecule has 0 amide bonds. The summed E-state index contributed by atoms with van der Waals surface area (Å²) in [5, 5.41) is 7.39. The predicted molar refractivity (Wildman–Crippen MR) is 107 cm³/mol. The van der Waals surface area contributed by atoms with E-state index in [4.69, 9.17) is 4.52 Å². The van der Waals surface area contributed by atoms with Crippen LogP contribution in [0.1, 0.15) is 16.8 Å². The van der Waals surface area contributed by atoms with E-state index in [9.17, 15) is 4.39 Å². The second kappa shape index (κ2) is 9.66. The number of halogens is 1. The zero-order chi connectivity index (χ0) is 19.9. The Labute approximate surface area is 165 Å². The highest BCUT2D eigenvalue weighted by atomic mass is 19.1. The number of piperazine rings is 1. The van der Waals surface area contributed by atoms with Crippen LogP contribution in [0.15, 0.2) is 40.0 Å². The van der Waals surface area contributed by atoms with Gasteiger partial charge in [-0.15, -0.1) is 0 Å². The number of aliphatic imine (C=N–C) groups is 1. The van der Waals surface area contributed by atoms with Crippen LogP contribution in [0.2, 0.25) is 0 Å². The second-order valence-corrected chi connectivity index (χ2v) is 7.32. The molecule has 1 aliphatic heterocycles. The normalized spacial score (nSPS) is 16.0. The van der Waals surface area contributed by atoms with Gasteiger partial charge in [0.1, 0.15) is 12.1 Å². The Balaban J connectivity index is 1.51. The number of nitrogens with zero attached hydrogens (tertiary/aromatic N) is 5. The minimum atomic E-state index is -0.162. The second-order valence-electron chi connectivity index (χ2n) is 7.32. The minimum Gasteiger partial charge on any atom is -0.364 e. The zero-order valence-electron chi connectivity index (χ0n) is 16.9. The number of aromatic nitrogens is 1. The number of benzene rings is 1. The highest BCUT2D eigenvalue weighted by Crippen LogP contribution is 2.13. The average molecular weight is 388 g/mol. The summed E-state index contributed by atoms with van der Waals surface area (Å²) in [6.45, 7) is 5.68. The first kappa shape index (κ1) is 20.3. The van der Waals surface area contributed by atoms with E-state index in [1.54, 1.807) is 19.4 Å². The molecular formula is C20H29FN6O. The van der Waals surface area contributed by atoms with E-state index < -0.39 is 0 Å². The molecular weight excluding hydrogens is 359 g/mol. The van der Waals surface area contributed by atoms with Gasteiger partial charge in [0.2, 0.25) is 0 Å². The highest BCUT2D eigenvalue weighted by Gasteiger charge is 2.20. The van der Waals surface area contributed by atoms with Crippen LogP contribution in [0, 0.1) is 5.82 Å². The topological polar surface area (TPSA) is 60.1 Å². The molecule has 0 spiro atoms. The van der Waals surface area contributed by atoms with Gasteiger partial charge in [-0.2, -0.15) is 0 Å². The van der Waals surface area contributed by atoms with E-state index in [2.05, 4.69) is 25.3 Å². The van der Waals surface area contributed by atoms with E-state index in [0.29, 0.717) is 18.7 Å². The summed E-state index contributed by atoms with van der Waals surface area (Å²) in [5.74, 6) is 0.713. The van der Waals surface area contributed by atoms with Crippen molar-refractivity contribution in [1.29, 1.82) is 0 Å². The van der Waals surface area contributed by atoms with Crippen molar-refractivity contribution in [3.05, 3.63) is 53.2 Å². The summed E-state index contributed by atoms with van der Waals surface area (Å²) >= 11 is 0. The van der Waals surface area contributed by atoms with Crippen LogP contribution in [0.25, 0.3) is 0 Å². The SMILES string of the molecule is CN=C(NCc1ccc(F)c(CN(C)C)c1)N1CCN(Cc2ccon2)CC1. The first-order valence-electron chi connectivity index (χ1n) is 9.54. The Bertz CT molecular complexity index is 769. The van der Waals surface area contributed by atoms with Crippen LogP contribution in [0.3, 0.4) is 0 Å². The molecule has 0 atom stereocenters. The summed E-state index contributed by atoms with van der Waals surface area (Å²) in [6, 6.07) is 7.19. The number of hydrogen-bond acceptors (Lipinski definition) is 5. The van der Waals surface area contributed by atoms with E-state index in [0.717, 1.165) is 49.9 Å². The summed E-state index contributed by atoms with van der Waals surface area (Å²) in [4.78, 5) is 11.0. The maximum atomic E-state index is 14.0. The van der Waals surface area contributed by atoms with Crippen molar-refractivity contribution in [2.45, 2.75) is 19.6 Å². The van der Waals surface area contributed by atoms with Crippen LogP contribution in [0.5, 0.6) is 0 Å². The standard InChI is InChI=1S/C20H29FN6O/c1-22-20(23-13-16-4-5-19(21)17(12-16)14-25(2)3)27-9-7-26(8-10-27)15-18-6-11-28-24-18/h4-6,11-12H,7-10,13-15H2,1-3H3,(H,22,23). The predicted octanol–water partition coefficient (Wildman–Crippen LogP) is 1.77. The average Bonchev–Trinajstić information content (AvgIpc) is 3.18. The summed E-state index contributed by atoms with van der Waals surface area (Å²) in [6.07, 6.45) is 1.61. The van der Waals surface area contributed by atoms with Crippen LogP contribution in [-0.4, -0.2) is 73.1 Å². The molecule has 8 heteroatoms. The lowest BCUT2D eigenvalue weighted by atomic mass is 10.1. The third-order valence-electron chi connectivity index (χ3n) is 4.81. The van der Waals surface area contributed by atoms with Crippen molar-refractivity contribution in [2.24, 2.45) is 4.99 Å². The molecule has 1 aliphatic rings. The Kier molecular flexibility index (Phi) is 7.00. The molecule has 1 fully saturated rings. The van der Waals surface area contributed by atoms with Crippen LogP contribution >= 0.6 is 0 Å².